The molecule has 2 heterocycles. The first-order valence-corrected chi connectivity index (χ1v) is 11.1. The predicted octanol–water partition coefficient (Wildman–Crippen LogP) is 3.41. The molecule has 0 bridgehead atoms. The van der Waals surface area contributed by atoms with Crippen molar-refractivity contribution in [1.29, 1.82) is 0 Å². The van der Waals surface area contributed by atoms with E-state index in [0.717, 1.165) is 12.1 Å². The molecule has 0 spiro atoms. The molecule has 1 N–H and O–H groups in total. The van der Waals surface area contributed by atoms with Crippen LogP contribution in [0.25, 0.3) is 0 Å². The van der Waals surface area contributed by atoms with Gasteiger partial charge in [-0.3, -0.25) is 9.59 Å². The number of hydrogen-bond donors (Lipinski definition) is 1. The van der Waals surface area contributed by atoms with Gasteiger partial charge in [0.15, 0.2) is 5.78 Å². The van der Waals surface area contributed by atoms with Crippen LogP contribution in [-0.2, 0) is 20.7 Å². The lowest BCUT2D eigenvalue weighted by Gasteiger charge is -2.33. The van der Waals surface area contributed by atoms with Crippen LogP contribution in [0.4, 0.5) is 0 Å². The number of ketones is 1. The Morgan fingerprint density at radius 1 is 1.30 bits per heavy atom. The minimum atomic E-state index is -0.244. The van der Waals surface area contributed by atoms with Crippen molar-refractivity contribution in [1.82, 2.24) is 5.32 Å². The lowest BCUT2D eigenvalue weighted by molar-refractivity contribution is -0.144. The number of carbonyl (C=O) groups is 2. The Bertz CT molecular complexity index is 742. The number of likely N-dealkylation sites (N-methyl/N-ethyl adjacent to an activating group) is 1. The van der Waals surface area contributed by atoms with Gasteiger partial charge in [-0.2, -0.15) is 0 Å². The van der Waals surface area contributed by atoms with Crippen LogP contribution < -0.4 is 10.1 Å². The zero-order valence-electron chi connectivity index (χ0n) is 18.6. The van der Waals surface area contributed by atoms with Crippen molar-refractivity contribution in [2.75, 3.05) is 27.3 Å². The van der Waals surface area contributed by atoms with Crippen molar-refractivity contribution in [2.45, 2.75) is 58.2 Å². The van der Waals surface area contributed by atoms with Crippen molar-refractivity contribution in [3.63, 3.8) is 0 Å². The topological polar surface area (TPSA) is 73.9 Å². The molecular formula is C24H35NO5. The van der Waals surface area contributed by atoms with Crippen LogP contribution in [0.3, 0.4) is 0 Å². The Hall–Kier alpha value is -1.92. The average Bonchev–Trinajstić information content (AvgIpc) is 3.57. The van der Waals surface area contributed by atoms with Crippen LogP contribution in [0.1, 0.15) is 55.5 Å². The molecule has 1 aromatic rings. The van der Waals surface area contributed by atoms with Crippen molar-refractivity contribution in [3.05, 3.63) is 29.3 Å². The normalized spacial score (nSPS) is 27.9. The van der Waals surface area contributed by atoms with Gasteiger partial charge in [0.1, 0.15) is 11.9 Å². The number of rotatable bonds is 6. The fourth-order valence-corrected chi connectivity index (χ4v) is 4.24. The molecule has 5 atom stereocenters. The molecule has 6 heteroatoms. The summed E-state index contributed by atoms with van der Waals surface area (Å²) in [6.45, 7) is 5.42. The molecule has 4 rings (SSSR count). The third-order valence-corrected chi connectivity index (χ3v) is 6.00. The summed E-state index contributed by atoms with van der Waals surface area (Å²) in [7, 11) is 3.30. The Balaban J connectivity index is 0.000000782. The molecule has 0 amide bonds. The molecule has 5 unspecified atom stereocenters. The highest BCUT2D eigenvalue weighted by molar-refractivity contribution is 6.00. The zero-order chi connectivity index (χ0) is 21.7. The number of hydrogen-bond acceptors (Lipinski definition) is 6. The van der Waals surface area contributed by atoms with Crippen molar-refractivity contribution >= 4 is 11.8 Å². The average molecular weight is 418 g/mol. The number of carbonyl (C=O) groups excluding carboxylic acids is 2. The van der Waals surface area contributed by atoms with Crippen molar-refractivity contribution in [2.24, 2.45) is 17.8 Å². The maximum atomic E-state index is 12.7. The fraction of sp³-hybridized carbons (Fsp3) is 0.667. The first-order valence-electron chi connectivity index (χ1n) is 11.1. The van der Waals surface area contributed by atoms with E-state index in [-0.39, 0.29) is 35.8 Å². The van der Waals surface area contributed by atoms with Gasteiger partial charge in [-0.1, -0.05) is 39.2 Å². The van der Waals surface area contributed by atoms with Gasteiger partial charge in [0.2, 0.25) is 0 Å². The molecule has 0 aromatic heterocycles. The fourth-order valence-electron chi connectivity index (χ4n) is 4.24. The second-order valence-corrected chi connectivity index (χ2v) is 8.79. The molecule has 1 saturated heterocycles. The van der Waals surface area contributed by atoms with Crippen LogP contribution in [0.2, 0.25) is 0 Å². The molecule has 30 heavy (non-hydrogen) atoms. The summed E-state index contributed by atoms with van der Waals surface area (Å²) in [6, 6.07) is 5.60. The summed E-state index contributed by atoms with van der Waals surface area (Å²) < 4.78 is 17.0. The second kappa shape index (κ2) is 10.4. The van der Waals surface area contributed by atoms with E-state index in [4.69, 9.17) is 14.2 Å². The zero-order valence-corrected chi connectivity index (χ0v) is 18.6. The van der Waals surface area contributed by atoms with Gasteiger partial charge in [-0.05, 0) is 37.1 Å². The summed E-state index contributed by atoms with van der Waals surface area (Å²) in [5, 5.41) is 3.17. The number of ether oxygens (including phenoxy) is 3. The van der Waals surface area contributed by atoms with E-state index < -0.39 is 0 Å². The van der Waals surface area contributed by atoms with Gasteiger partial charge >= 0.3 is 5.97 Å². The molecule has 3 aliphatic rings. The SMILES string of the molecule is C1CC1.CNCC1OCC(C)C1C1CC(=O)c2ccc(CC(C)C(=O)OC)cc2O1. The van der Waals surface area contributed by atoms with Gasteiger partial charge in [-0.25, -0.2) is 0 Å². The number of Topliss-reactive ketones (excluding diaryl/α,β-unsaturated/α-hetero) is 1. The van der Waals surface area contributed by atoms with Crippen molar-refractivity contribution in [3.8, 4) is 5.75 Å². The number of benzene rings is 1. The summed E-state index contributed by atoms with van der Waals surface area (Å²) in [4.78, 5) is 24.4. The number of methoxy groups -OCH3 is 1. The lowest BCUT2D eigenvalue weighted by Crippen LogP contribution is -2.43. The second-order valence-electron chi connectivity index (χ2n) is 8.79. The van der Waals surface area contributed by atoms with Gasteiger partial charge in [0.25, 0.3) is 0 Å². The first kappa shape index (κ1) is 22.8. The maximum absolute atomic E-state index is 12.7. The van der Waals surface area contributed by atoms with E-state index in [0.29, 0.717) is 36.7 Å². The monoisotopic (exact) mass is 417 g/mol. The lowest BCUT2D eigenvalue weighted by atomic mass is 9.82. The molecular weight excluding hydrogens is 382 g/mol. The van der Waals surface area contributed by atoms with E-state index in [9.17, 15) is 9.59 Å². The van der Waals surface area contributed by atoms with Crippen LogP contribution >= 0.6 is 0 Å². The van der Waals surface area contributed by atoms with E-state index in [1.165, 1.54) is 26.4 Å². The standard InChI is InChI=1S/C21H29NO5.C3H6/c1-12(21(24)25-4)7-14-5-6-15-16(23)9-18(27-17(15)8-14)20-13(2)11-26-19(20)10-22-3;1-2-3-1/h5-6,8,12-13,18-20,22H,7,9-11H2,1-4H3;1-3H2. The molecule has 1 aliphatic carbocycles. The largest absolute Gasteiger partial charge is 0.489 e. The molecule has 0 radical (unpaired) electrons. The molecule has 2 aliphatic heterocycles. The minimum absolute atomic E-state index is 0.0480. The van der Waals surface area contributed by atoms with Crippen LogP contribution in [0.15, 0.2) is 18.2 Å². The summed E-state index contributed by atoms with van der Waals surface area (Å²) in [6.07, 6.45) is 5.29. The van der Waals surface area contributed by atoms with E-state index in [1.54, 1.807) is 0 Å². The van der Waals surface area contributed by atoms with Gasteiger partial charge < -0.3 is 19.5 Å². The van der Waals surface area contributed by atoms with Crippen LogP contribution in [-0.4, -0.2) is 51.3 Å². The van der Waals surface area contributed by atoms with E-state index in [1.807, 2.05) is 32.2 Å². The Morgan fingerprint density at radius 3 is 2.67 bits per heavy atom. The number of esters is 1. The summed E-state index contributed by atoms with van der Waals surface area (Å²) in [5.74, 6) is 0.752. The first-order chi connectivity index (χ1) is 14.4. The third-order valence-electron chi connectivity index (χ3n) is 6.00. The maximum Gasteiger partial charge on any atom is 0.308 e. The van der Waals surface area contributed by atoms with Gasteiger partial charge in [0, 0.05) is 18.9 Å². The van der Waals surface area contributed by atoms with Crippen molar-refractivity contribution < 1.29 is 23.8 Å². The molecule has 2 fully saturated rings. The van der Waals surface area contributed by atoms with Crippen LogP contribution in [0, 0.1) is 17.8 Å². The van der Waals surface area contributed by atoms with Crippen LogP contribution in [0.5, 0.6) is 5.75 Å². The predicted molar refractivity (Wildman–Crippen MR) is 115 cm³/mol. The molecule has 6 nitrogen and oxygen atoms in total. The van der Waals surface area contributed by atoms with Gasteiger partial charge in [-0.15, -0.1) is 0 Å². The minimum Gasteiger partial charge on any atom is -0.489 e. The molecule has 1 saturated carbocycles. The van der Waals surface area contributed by atoms with Gasteiger partial charge in [0.05, 0.1) is 31.3 Å². The molecule has 166 valence electrons. The third kappa shape index (κ3) is 5.61. The Kier molecular flexibility index (Phi) is 7.89. The number of fused-ring (bicyclic) bond motifs is 1. The summed E-state index contributed by atoms with van der Waals surface area (Å²) in [5.41, 5.74) is 1.58. The Morgan fingerprint density at radius 2 is 2.03 bits per heavy atom. The molecule has 1 aromatic carbocycles. The van der Waals surface area contributed by atoms with E-state index >= 15 is 0 Å². The van der Waals surface area contributed by atoms with E-state index in [2.05, 4.69) is 12.2 Å². The summed E-state index contributed by atoms with van der Waals surface area (Å²) >= 11 is 0. The highest BCUT2D eigenvalue weighted by atomic mass is 16.5. The Labute approximate surface area is 179 Å². The number of nitrogens with one attached hydrogen (secondary N) is 1. The highest BCUT2D eigenvalue weighted by Crippen LogP contribution is 2.38. The smallest absolute Gasteiger partial charge is 0.308 e. The highest BCUT2D eigenvalue weighted by Gasteiger charge is 2.43. The quantitative estimate of drug-likeness (QED) is 0.715.